The van der Waals surface area contributed by atoms with Crippen molar-refractivity contribution in [3.05, 3.63) is 29.1 Å². The lowest BCUT2D eigenvalue weighted by molar-refractivity contribution is 0.365. The van der Waals surface area contributed by atoms with Crippen LogP contribution < -0.4 is 4.74 Å². The van der Waals surface area contributed by atoms with Crippen LogP contribution in [0.4, 0.5) is 0 Å². The largest absolute Gasteiger partial charge is 0.492 e. The lowest BCUT2D eigenvalue weighted by Crippen LogP contribution is -1.94. The zero-order valence-electron chi connectivity index (χ0n) is 9.26. The second kappa shape index (κ2) is 3.81. The third kappa shape index (κ3) is 1.72. The van der Waals surface area contributed by atoms with E-state index >= 15 is 0 Å². The predicted octanol–water partition coefficient (Wildman–Crippen LogP) is 3.43. The Morgan fingerprint density at radius 2 is 2.13 bits per heavy atom. The first-order valence-corrected chi connectivity index (χ1v) is 5.74. The van der Waals surface area contributed by atoms with Crippen molar-refractivity contribution >= 4 is 21.6 Å². The summed E-state index contributed by atoms with van der Waals surface area (Å²) in [7, 11) is 0. The molecule has 0 bridgehead atoms. The van der Waals surface area contributed by atoms with Crippen molar-refractivity contribution in [1.29, 1.82) is 0 Å². The molecule has 0 fully saturated rings. The molecule has 3 heteroatoms. The summed E-state index contributed by atoms with van der Waals surface area (Å²) in [5.74, 6) is 0.911. The standard InChI is InChI=1S/C12H14NOS/c1-5-14-10-6-7(2)8(3)11-12(10)15-9(4)13-11/h6H,1,5H2,2-4H3. The molecule has 0 aliphatic heterocycles. The van der Waals surface area contributed by atoms with E-state index in [9.17, 15) is 0 Å². The molecule has 79 valence electrons. The van der Waals surface area contributed by atoms with Crippen molar-refractivity contribution in [1.82, 2.24) is 4.98 Å². The van der Waals surface area contributed by atoms with Crippen LogP contribution in [0.3, 0.4) is 0 Å². The molecule has 0 spiro atoms. The number of hydrogen-bond donors (Lipinski definition) is 0. The van der Waals surface area contributed by atoms with E-state index in [2.05, 4.69) is 31.8 Å². The second-order valence-electron chi connectivity index (χ2n) is 3.58. The molecular formula is C12H14NOS. The van der Waals surface area contributed by atoms with Crippen LogP contribution in [-0.4, -0.2) is 11.6 Å². The minimum absolute atomic E-state index is 0.453. The van der Waals surface area contributed by atoms with Gasteiger partial charge in [0.2, 0.25) is 0 Å². The maximum Gasteiger partial charge on any atom is 0.139 e. The monoisotopic (exact) mass is 220 g/mol. The Morgan fingerprint density at radius 1 is 1.40 bits per heavy atom. The number of ether oxygens (including phenoxy) is 1. The van der Waals surface area contributed by atoms with Gasteiger partial charge in [-0.25, -0.2) is 4.98 Å². The summed E-state index contributed by atoms with van der Waals surface area (Å²) in [6, 6.07) is 2.07. The highest BCUT2D eigenvalue weighted by molar-refractivity contribution is 7.18. The fourth-order valence-electron chi connectivity index (χ4n) is 1.62. The van der Waals surface area contributed by atoms with E-state index in [0.717, 1.165) is 21.0 Å². The van der Waals surface area contributed by atoms with Crippen LogP contribution in [0.5, 0.6) is 5.75 Å². The van der Waals surface area contributed by atoms with Crippen LogP contribution in [0.2, 0.25) is 0 Å². The molecule has 0 aliphatic carbocycles. The highest BCUT2D eigenvalue weighted by atomic mass is 32.1. The summed E-state index contributed by atoms with van der Waals surface area (Å²) in [4.78, 5) is 4.53. The minimum Gasteiger partial charge on any atom is -0.492 e. The summed E-state index contributed by atoms with van der Waals surface area (Å²) < 4.78 is 6.67. The van der Waals surface area contributed by atoms with Gasteiger partial charge in [-0.1, -0.05) is 0 Å². The van der Waals surface area contributed by atoms with Crippen molar-refractivity contribution < 1.29 is 4.74 Å². The SMILES string of the molecule is [CH2]COc1cc(C)c(C)c2nc(C)sc12. The molecule has 0 saturated heterocycles. The number of fused-ring (bicyclic) bond motifs is 1. The van der Waals surface area contributed by atoms with E-state index in [4.69, 9.17) is 4.74 Å². The van der Waals surface area contributed by atoms with Crippen LogP contribution >= 0.6 is 11.3 Å². The smallest absolute Gasteiger partial charge is 0.139 e. The van der Waals surface area contributed by atoms with E-state index in [1.807, 2.05) is 6.92 Å². The van der Waals surface area contributed by atoms with Crippen LogP contribution in [-0.2, 0) is 0 Å². The highest BCUT2D eigenvalue weighted by Crippen LogP contribution is 2.34. The van der Waals surface area contributed by atoms with Crippen molar-refractivity contribution in [3.63, 3.8) is 0 Å². The molecular weight excluding hydrogens is 206 g/mol. The number of hydrogen-bond acceptors (Lipinski definition) is 3. The molecule has 1 aromatic heterocycles. The first kappa shape index (κ1) is 10.4. The summed E-state index contributed by atoms with van der Waals surface area (Å²) in [6.07, 6.45) is 0. The first-order chi connectivity index (χ1) is 7.13. The van der Waals surface area contributed by atoms with Gasteiger partial charge in [-0.2, -0.15) is 0 Å². The predicted molar refractivity (Wildman–Crippen MR) is 64.7 cm³/mol. The van der Waals surface area contributed by atoms with Gasteiger partial charge in [-0.15, -0.1) is 11.3 Å². The van der Waals surface area contributed by atoms with E-state index in [-0.39, 0.29) is 0 Å². The zero-order valence-corrected chi connectivity index (χ0v) is 10.1. The maximum absolute atomic E-state index is 5.53. The quantitative estimate of drug-likeness (QED) is 0.773. The lowest BCUT2D eigenvalue weighted by Gasteiger charge is -2.07. The topological polar surface area (TPSA) is 22.1 Å². The number of benzene rings is 1. The summed E-state index contributed by atoms with van der Waals surface area (Å²) in [6.45, 7) is 10.4. The van der Waals surface area contributed by atoms with Crippen molar-refractivity contribution in [2.75, 3.05) is 6.61 Å². The zero-order chi connectivity index (χ0) is 11.0. The van der Waals surface area contributed by atoms with E-state index in [1.54, 1.807) is 11.3 Å². The highest BCUT2D eigenvalue weighted by Gasteiger charge is 2.11. The normalized spacial score (nSPS) is 10.9. The summed E-state index contributed by atoms with van der Waals surface area (Å²) >= 11 is 1.68. The summed E-state index contributed by atoms with van der Waals surface area (Å²) in [5.41, 5.74) is 3.53. The van der Waals surface area contributed by atoms with E-state index < -0.39 is 0 Å². The molecule has 2 rings (SSSR count). The van der Waals surface area contributed by atoms with Gasteiger partial charge in [0, 0.05) is 0 Å². The number of thiazole rings is 1. The molecule has 2 nitrogen and oxygen atoms in total. The number of aryl methyl sites for hydroxylation is 3. The molecule has 0 amide bonds. The molecule has 0 aliphatic rings. The Hall–Kier alpha value is -1.09. The van der Waals surface area contributed by atoms with Gasteiger partial charge in [0.15, 0.2) is 0 Å². The first-order valence-electron chi connectivity index (χ1n) is 4.93. The van der Waals surface area contributed by atoms with Crippen molar-refractivity contribution in [3.8, 4) is 5.75 Å². The molecule has 1 aromatic carbocycles. The van der Waals surface area contributed by atoms with Gasteiger partial charge in [-0.3, -0.25) is 0 Å². The Morgan fingerprint density at radius 3 is 2.80 bits per heavy atom. The van der Waals surface area contributed by atoms with Gasteiger partial charge >= 0.3 is 0 Å². The van der Waals surface area contributed by atoms with Gasteiger partial charge in [0.05, 0.1) is 21.8 Å². The molecule has 0 saturated carbocycles. The number of aromatic nitrogens is 1. The van der Waals surface area contributed by atoms with Gasteiger partial charge in [0.1, 0.15) is 5.75 Å². The van der Waals surface area contributed by atoms with Gasteiger partial charge in [-0.05, 0) is 44.9 Å². The second-order valence-corrected chi connectivity index (χ2v) is 4.78. The number of rotatable bonds is 2. The average molecular weight is 220 g/mol. The molecule has 15 heavy (non-hydrogen) atoms. The molecule has 2 aromatic rings. The van der Waals surface area contributed by atoms with Crippen LogP contribution in [0.15, 0.2) is 6.07 Å². The molecule has 0 N–H and O–H groups in total. The fraction of sp³-hybridized carbons (Fsp3) is 0.333. The molecule has 1 radical (unpaired) electrons. The fourth-order valence-corrected chi connectivity index (χ4v) is 2.57. The maximum atomic E-state index is 5.53. The van der Waals surface area contributed by atoms with Crippen molar-refractivity contribution in [2.45, 2.75) is 20.8 Å². The Bertz CT molecular complexity index is 502. The van der Waals surface area contributed by atoms with Gasteiger partial charge in [0.25, 0.3) is 0 Å². The Balaban J connectivity index is 2.75. The van der Waals surface area contributed by atoms with Gasteiger partial charge < -0.3 is 4.74 Å². The van der Waals surface area contributed by atoms with E-state index in [1.165, 1.54) is 11.1 Å². The average Bonchev–Trinajstić information content (AvgIpc) is 2.57. The number of nitrogens with zero attached hydrogens (tertiary/aromatic N) is 1. The van der Waals surface area contributed by atoms with Crippen LogP contribution in [0.25, 0.3) is 10.2 Å². The summed E-state index contributed by atoms with van der Waals surface area (Å²) in [5, 5.41) is 1.08. The third-order valence-corrected chi connectivity index (χ3v) is 3.50. The Kier molecular flexibility index (Phi) is 2.65. The van der Waals surface area contributed by atoms with Crippen LogP contribution in [0.1, 0.15) is 16.1 Å². The van der Waals surface area contributed by atoms with Crippen LogP contribution in [0, 0.1) is 27.7 Å². The molecule has 1 heterocycles. The Labute approximate surface area is 93.9 Å². The van der Waals surface area contributed by atoms with Crippen molar-refractivity contribution in [2.24, 2.45) is 0 Å². The van der Waals surface area contributed by atoms with E-state index in [0.29, 0.717) is 6.61 Å². The third-order valence-electron chi connectivity index (χ3n) is 2.51. The molecule has 0 atom stereocenters. The minimum atomic E-state index is 0.453. The molecule has 0 unspecified atom stereocenters. The lowest BCUT2D eigenvalue weighted by atomic mass is 10.1.